The molecule has 0 saturated carbocycles. The first kappa shape index (κ1) is 14.0. The smallest absolute Gasteiger partial charge is 0.231 e. The largest absolute Gasteiger partial charge is 0.493 e. The Morgan fingerprint density at radius 1 is 1.22 bits per heavy atom. The molecule has 0 aliphatic carbocycles. The summed E-state index contributed by atoms with van der Waals surface area (Å²) in [6.07, 6.45) is 0.786. The maximum Gasteiger partial charge on any atom is 0.231 e. The van der Waals surface area contributed by atoms with Gasteiger partial charge in [0.15, 0.2) is 11.5 Å². The van der Waals surface area contributed by atoms with E-state index in [2.05, 4.69) is 15.4 Å². The number of fused-ring (bicyclic) bond motifs is 1. The van der Waals surface area contributed by atoms with Gasteiger partial charge in [-0.15, -0.1) is 10.2 Å². The standard InChI is InChI=1S/C15H14N4O3S/c1(5-19-17-15(16-18-19)11-4-7-23-9-11)6-20-12-2-3-13-14(8-12)22-10-21-13/h2-4,7-9H,1,5-6,10H2. The molecule has 118 valence electrons. The van der Waals surface area contributed by atoms with E-state index in [9.17, 15) is 0 Å². The zero-order valence-electron chi connectivity index (χ0n) is 12.2. The van der Waals surface area contributed by atoms with Crippen LogP contribution in [0.15, 0.2) is 35.0 Å². The van der Waals surface area contributed by atoms with Gasteiger partial charge in [-0.2, -0.15) is 16.1 Å². The van der Waals surface area contributed by atoms with Gasteiger partial charge in [-0.3, -0.25) is 0 Å². The molecule has 23 heavy (non-hydrogen) atoms. The van der Waals surface area contributed by atoms with E-state index in [1.165, 1.54) is 0 Å². The lowest BCUT2D eigenvalue weighted by atomic mass is 10.3. The number of hydrogen-bond donors (Lipinski definition) is 0. The molecule has 0 atom stereocenters. The number of ether oxygens (including phenoxy) is 3. The van der Waals surface area contributed by atoms with Gasteiger partial charge >= 0.3 is 0 Å². The van der Waals surface area contributed by atoms with Crippen molar-refractivity contribution < 1.29 is 14.2 Å². The topological polar surface area (TPSA) is 71.3 Å². The third kappa shape index (κ3) is 3.11. The van der Waals surface area contributed by atoms with Gasteiger partial charge in [-0.05, 0) is 28.8 Å². The second kappa shape index (κ2) is 6.25. The predicted octanol–water partition coefficient (Wildman–Crippen LogP) is 2.60. The van der Waals surface area contributed by atoms with Crippen LogP contribution in [-0.2, 0) is 6.54 Å². The Balaban J connectivity index is 1.27. The molecule has 7 nitrogen and oxygen atoms in total. The highest BCUT2D eigenvalue weighted by molar-refractivity contribution is 7.08. The van der Waals surface area contributed by atoms with Crippen molar-refractivity contribution in [2.24, 2.45) is 0 Å². The predicted molar refractivity (Wildman–Crippen MR) is 83.8 cm³/mol. The first-order valence-electron chi connectivity index (χ1n) is 7.21. The fourth-order valence-corrected chi connectivity index (χ4v) is 2.84. The van der Waals surface area contributed by atoms with E-state index in [1.807, 2.05) is 35.0 Å². The molecule has 0 N–H and O–H groups in total. The van der Waals surface area contributed by atoms with Gasteiger partial charge in [0.05, 0.1) is 13.2 Å². The molecule has 8 heteroatoms. The van der Waals surface area contributed by atoms with Crippen molar-refractivity contribution in [1.82, 2.24) is 20.2 Å². The first-order chi connectivity index (χ1) is 11.4. The lowest BCUT2D eigenvalue weighted by Gasteiger charge is -2.06. The van der Waals surface area contributed by atoms with Crippen LogP contribution in [0.4, 0.5) is 0 Å². The summed E-state index contributed by atoms with van der Waals surface area (Å²) in [4.78, 5) is 1.59. The summed E-state index contributed by atoms with van der Waals surface area (Å²) >= 11 is 1.61. The van der Waals surface area contributed by atoms with Crippen molar-refractivity contribution >= 4 is 11.3 Å². The average Bonchev–Trinajstić information content (AvgIpc) is 3.31. The van der Waals surface area contributed by atoms with Gasteiger partial charge < -0.3 is 14.2 Å². The first-order valence-corrected chi connectivity index (χ1v) is 8.15. The van der Waals surface area contributed by atoms with E-state index >= 15 is 0 Å². The molecule has 3 aromatic rings. The molecule has 1 aliphatic rings. The number of thiophene rings is 1. The van der Waals surface area contributed by atoms with Crippen molar-refractivity contribution in [3.63, 3.8) is 0 Å². The summed E-state index contributed by atoms with van der Waals surface area (Å²) in [7, 11) is 0. The quantitative estimate of drug-likeness (QED) is 0.647. The Morgan fingerprint density at radius 3 is 3.09 bits per heavy atom. The lowest BCUT2D eigenvalue weighted by Crippen LogP contribution is -2.07. The van der Waals surface area contributed by atoms with E-state index in [4.69, 9.17) is 14.2 Å². The normalized spacial score (nSPS) is 12.5. The highest BCUT2D eigenvalue weighted by atomic mass is 32.1. The number of tetrazole rings is 1. The van der Waals surface area contributed by atoms with Crippen LogP contribution in [0.2, 0.25) is 0 Å². The zero-order valence-corrected chi connectivity index (χ0v) is 13.0. The van der Waals surface area contributed by atoms with Gasteiger partial charge in [-0.1, -0.05) is 0 Å². The van der Waals surface area contributed by atoms with Crippen molar-refractivity contribution in [3.05, 3.63) is 35.0 Å². The van der Waals surface area contributed by atoms with E-state index in [0.717, 1.165) is 29.2 Å². The number of aromatic nitrogens is 4. The molecule has 3 heterocycles. The van der Waals surface area contributed by atoms with Crippen molar-refractivity contribution in [2.45, 2.75) is 13.0 Å². The van der Waals surface area contributed by atoms with Gasteiger partial charge in [0.1, 0.15) is 5.75 Å². The van der Waals surface area contributed by atoms with E-state index in [0.29, 0.717) is 19.0 Å². The minimum absolute atomic E-state index is 0.267. The minimum Gasteiger partial charge on any atom is -0.493 e. The summed E-state index contributed by atoms with van der Waals surface area (Å²) in [5.41, 5.74) is 0.998. The van der Waals surface area contributed by atoms with Crippen LogP contribution in [0.5, 0.6) is 17.2 Å². The summed E-state index contributed by atoms with van der Waals surface area (Å²) in [5.74, 6) is 2.90. The number of rotatable bonds is 6. The second-order valence-electron chi connectivity index (χ2n) is 4.94. The van der Waals surface area contributed by atoms with Crippen molar-refractivity contribution in [3.8, 4) is 28.6 Å². The van der Waals surface area contributed by atoms with Crippen LogP contribution in [0.3, 0.4) is 0 Å². The van der Waals surface area contributed by atoms with Crippen LogP contribution in [-0.4, -0.2) is 33.6 Å². The summed E-state index contributed by atoms with van der Waals surface area (Å²) in [6.45, 7) is 1.49. The lowest BCUT2D eigenvalue weighted by molar-refractivity contribution is 0.173. The van der Waals surface area contributed by atoms with E-state index in [1.54, 1.807) is 16.1 Å². The molecule has 0 bridgehead atoms. The van der Waals surface area contributed by atoms with Gasteiger partial charge in [0.25, 0.3) is 0 Å². The molecule has 2 aromatic heterocycles. The number of benzene rings is 1. The molecule has 1 aliphatic heterocycles. The van der Waals surface area contributed by atoms with Crippen LogP contribution >= 0.6 is 11.3 Å². The fraction of sp³-hybridized carbons (Fsp3) is 0.267. The molecule has 0 fully saturated rings. The van der Waals surface area contributed by atoms with Gasteiger partial charge in [0.2, 0.25) is 12.6 Å². The number of aryl methyl sites for hydroxylation is 1. The molecule has 0 unspecified atom stereocenters. The van der Waals surface area contributed by atoms with Crippen LogP contribution in [0.1, 0.15) is 6.42 Å². The number of hydrogen-bond acceptors (Lipinski definition) is 7. The second-order valence-corrected chi connectivity index (χ2v) is 5.72. The summed E-state index contributed by atoms with van der Waals surface area (Å²) in [6, 6.07) is 7.54. The third-order valence-corrected chi connectivity index (χ3v) is 4.03. The molecule has 0 amide bonds. The van der Waals surface area contributed by atoms with Crippen LogP contribution < -0.4 is 14.2 Å². The third-order valence-electron chi connectivity index (χ3n) is 3.35. The minimum atomic E-state index is 0.267. The molecule has 4 rings (SSSR count). The Labute approximate surface area is 136 Å². The van der Waals surface area contributed by atoms with Crippen molar-refractivity contribution in [1.29, 1.82) is 0 Å². The SMILES string of the molecule is c1cc(-c2nnn(CCCOc3ccc4c(c3)OCO4)n2)cs1. The van der Waals surface area contributed by atoms with Crippen LogP contribution in [0, 0.1) is 0 Å². The monoisotopic (exact) mass is 330 g/mol. The van der Waals surface area contributed by atoms with Gasteiger partial charge in [-0.25, -0.2) is 0 Å². The molecule has 1 aromatic carbocycles. The molecular weight excluding hydrogens is 316 g/mol. The number of nitrogens with zero attached hydrogens (tertiary/aromatic N) is 4. The van der Waals surface area contributed by atoms with Crippen LogP contribution in [0.25, 0.3) is 11.4 Å². The highest BCUT2D eigenvalue weighted by Crippen LogP contribution is 2.35. The summed E-state index contributed by atoms with van der Waals surface area (Å²) < 4.78 is 16.3. The summed E-state index contributed by atoms with van der Waals surface area (Å²) in [5, 5.41) is 16.5. The molecule has 0 radical (unpaired) electrons. The zero-order chi connectivity index (χ0) is 15.5. The van der Waals surface area contributed by atoms with E-state index < -0.39 is 0 Å². The highest BCUT2D eigenvalue weighted by Gasteiger charge is 2.13. The Morgan fingerprint density at radius 2 is 2.17 bits per heavy atom. The average molecular weight is 330 g/mol. The van der Waals surface area contributed by atoms with Crippen molar-refractivity contribution in [2.75, 3.05) is 13.4 Å². The maximum atomic E-state index is 5.71. The van der Waals surface area contributed by atoms with E-state index in [-0.39, 0.29) is 6.79 Å². The Bertz CT molecular complexity index is 788. The Kier molecular flexibility index (Phi) is 3.81. The maximum absolute atomic E-state index is 5.71. The molecule has 0 spiro atoms. The molecule has 0 saturated heterocycles. The fourth-order valence-electron chi connectivity index (χ4n) is 2.21. The Hall–Kier alpha value is -2.61. The molecular formula is C15H14N4O3S. The van der Waals surface area contributed by atoms with Gasteiger partial charge in [0, 0.05) is 23.4 Å².